The monoisotopic (exact) mass is 181 g/mol. The Morgan fingerprint density at radius 1 is 1.23 bits per heavy atom. The van der Waals surface area contributed by atoms with Gasteiger partial charge in [0.05, 0.1) is 12.1 Å². The molecule has 0 aliphatic heterocycles. The third kappa shape index (κ3) is 3.02. The predicted molar refractivity (Wildman–Crippen MR) is 46.1 cm³/mol. The van der Waals surface area contributed by atoms with Crippen LogP contribution in [0.25, 0.3) is 0 Å². The quantitative estimate of drug-likeness (QED) is 0.599. The van der Waals surface area contributed by atoms with Crippen LogP contribution in [0.3, 0.4) is 0 Å². The van der Waals surface area contributed by atoms with E-state index in [1.807, 2.05) is 19.1 Å². The molecule has 0 amide bonds. The minimum Gasteiger partial charge on any atom is -0.356 e. The molecule has 0 rings (SSSR count). The second-order valence-electron chi connectivity index (χ2n) is 2.49. The predicted octanol–water partition coefficient (Wildman–Crippen LogP) is 1.25. The largest absolute Gasteiger partial charge is 0.356 e. The Morgan fingerprint density at radius 3 is 1.92 bits per heavy atom. The average molecular weight is 181 g/mol. The summed E-state index contributed by atoms with van der Waals surface area (Å²) in [4.78, 5) is 0. The maximum atomic E-state index is 8.65. The van der Waals surface area contributed by atoms with Crippen LogP contribution in [0.4, 0.5) is 0 Å². The van der Waals surface area contributed by atoms with Gasteiger partial charge in [-0.15, -0.1) is 0 Å². The van der Waals surface area contributed by atoms with Crippen LogP contribution in [0.5, 0.6) is 0 Å². The Hall–Kier alpha value is -1.10. The van der Waals surface area contributed by atoms with Crippen molar-refractivity contribution in [3.8, 4) is 12.1 Å². The molecule has 71 valence electrons. The number of hydrogen-bond donors (Lipinski definition) is 0. The van der Waals surface area contributed by atoms with Crippen molar-refractivity contribution in [3.63, 3.8) is 0 Å². The molecule has 0 aromatic carbocycles. The molecule has 0 aliphatic carbocycles. The number of rotatable bonds is 5. The maximum Gasteiger partial charge on any atom is 0.183 e. The first-order valence-electron chi connectivity index (χ1n) is 3.97. The Kier molecular flexibility index (Phi) is 5.88. The van der Waals surface area contributed by atoms with Crippen LogP contribution < -0.4 is 0 Å². The van der Waals surface area contributed by atoms with Gasteiger partial charge in [0, 0.05) is 20.1 Å². The van der Waals surface area contributed by atoms with Gasteiger partial charge in [0.2, 0.25) is 0 Å². The van der Waals surface area contributed by atoms with Crippen molar-refractivity contribution in [2.45, 2.75) is 19.6 Å². The van der Waals surface area contributed by atoms with Gasteiger partial charge < -0.3 is 9.47 Å². The summed E-state index contributed by atoms with van der Waals surface area (Å²) in [7, 11) is 2.98. The molecule has 4 heteroatoms. The Labute approximate surface area is 78.7 Å². The van der Waals surface area contributed by atoms with Crippen molar-refractivity contribution >= 4 is 0 Å². The van der Waals surface area contributed by atoms with Crippen LogP contribution in [0, 0.1) is 34.5 Å². The van der Waals surface area contributed by atoms with E-state index >= 15 is 0 Å². The van der Waals surface area contributed by atoms with E-state index in [-0.39, 0.29) is 11.8 Å². The molecule has 1 unspecified atom stereocenters. The van der Waals surface area contributed by atoms with Gasteiger partial charge in [0.25, 0.3) is 0 Å². The van der Waals surface area contributed by atoms with Gasteiger partial charge in [-0.05, 0) is 6.42 Å². The number of nitrogens with zero attached hydrogens (tertiary/aromatic N) is 2. The van der Waals surface area contributed by atoms with Crippen LogP contribution >= 0.6 is 0 Å². The van der Waals surface area contributed by atoms with Crippen LogP contribution in [-0.4, -0.2) is 20.5 Å². The smallest absolute Gasteiger partial charge is 0.183 e. The molecule has 0 bridgehead atoms. The van der Waals surface area contributed by atoms with Crippen LogP contribution in [0.2, 0.25) is 0 Å². The summed E-state index contributed by atoms with van der Waals surface area (Å²) in [6.07, 6.45) is 0.127. The van der Waals surface area contributed by atoms with Gasteiger partial charge in [0.15, 0.2) is 12.2 Å². The maximum absolute atomic E-state index is 8.65. The molecule has 0 aliphatic rings. The Bertz CT molecular complexity index is 199. The second-order valence-corrected chi connectivity index (χ2v) is 2.49. The van der Waals surface area contributed by atoms with E-state index in [1.165, 1.54) is 14.2 Å². The van der Waals surface area contributed by atoms with Crippen LogP contribution in [-0.2, 0) is 9.47 Å². The highest BCUT2D eigenvalue weighted by atomic mass is 16.7. The van der Waals surface area contributed by atoms with Gasteiger partial charge >= 0.3 is 0 Å². The van der Waals surface area contributed by atoms with E-state index in [0.717, 1.165) is 0 Å². The van der Waals surface area contributed by atoms with Crippen LogP contribution in [0.15, 0.2) is 0 Å². The lowest BCUT2D eigenvalue weighted by atomic mass is 9.92. The topological polar surface area (TPSA) is 66.0 Å². The molecule has 13 heavy (non-hydrogen) atoms. The van der Waals surface area contributed by atoms with Gasteiger partial charge in [0.1, 0.15) is 0 Å². The van der Waals surface area contributed by atoms with E-state index < -0.39 is 6.29 Å². The number of methoxy groups -OCH3 is 2. The normalized spacial score (nSPS) is 12.5. The fraction of sp³-hybridized carbons (Fsp3) is 0.667. The lowest BCUT2D eigenvalue weighted by Crippen LogP contribution is -2.28. The highest BCUT2D eigenvalue weighted by molar-refractivity contribution is 5.29. The van der Waals surface area contributed by atoms with Crippen molar-refractivity contribution in [2.24, 2.45) is 5.92 Å². The van der Waals surface area contributed by atoms with Gasteiger partial charge in [-0.3, -0.25) is 0 Å². The molecule has 1 atom stereocenters. The van der Waals surface area contributed by atoms with E-state index in [9.17, 15) is 0 Å². The summed E-state index contributed by atoms with van der Waals surface area (Å²) in [6.45, 7) is 1.88. The molecule has 0 spiro atoms. The first kappa shape index (κ1) is 11.9. The highest BCUT2D eigenvalue weighted by Crippen LogP contribution is 2.23. The minimum atomic E-state index is -0.515. The summed E-state index contributed by atoms with van der Waals surface area (Å²) in [5.74, 6) is -0.124. The SMILES string of the molecule is CCC([C](C#N)C#N)C(OC)OC. The molecule has 0 N–H and O–H groups in total. The number of nitriles is 2. The van der Waals surface area contributed by atoms with Crippen LogP contribution in [0.1, 0.15) is 13.3 Å². The zero-order chi connectivity index (χ0) is 10.3. The number of ether oxygens (including phenoxy) is 2. The average Bonchev–Trinajstić information content (AvgIpc) is 2.18. The lowest BCUT2D eigenvalue weighted by Gasteiger charge is -2.22. The van der Waals surface area contributed by atoms with E-state index in [2.05, 4.69) is 0 Å². The molecule has 0 aromatic heterocycles. The molecule has 0 aromatic rings. The molecule has 0 fully saturated rings. The third-order valence-corrected chi connectivity index (χ3v) is 1.84. The Morgan fingerprint density at radius 2 is 1.69 bits per heavy atom. The summed E-state index contributed by atoms with van der Waals surface area (Å²) in [5.41, 5.74) is 0. The summed E-state index contributed by atoms with van der Waals surface area (Å²) >= 11 is 0. The Balaban J connectivity index is 4.49. The zero-order valence-electron chi connectivity index (χ0n) is 8.07. The number of hydrogen-bond acceptors (Lipinski definition) is 4. The lowest BCUT2D eigenvalue weighted by molar-refractivity contribution is -0.131. The molecule has 4 nitrogen and oxygen atoms in total. The molecular weight excluding hydrogens is 168 g/mol. The minimum absolute atomic E-state index is 0.149. The fourth-order valence-electron chi connectivity index (χ4n) is 1.15. The van der Waals surface area contributed by atoms with Crippen molar-refractivity contribution in [2.75, 3.05) is 14.2 Å². The van der Waals surface area contributed by atoms with Gasteiger partial charge in [-0.2, -0.15) is 10.5 Å². The van der Waals surface area contributed by atoms with Gasteiger partial charge in [-0.1, -0.05) is 6.92 Å². The van der Waals surface area contributed by atoms with E-state index in [0.29, 0.717) is 6.42 Å². The molecule has 0 saturated carbocycles. The van der Waals surface area contributed by atoms with Crippen molar-refractivity contribution in [3.05, 3.63) is 5.92 Å². The standard InChI is InChI=1S/C9H13N2O2/c1-4-8(7(5-10)6-11)9(12-2)13-3/h8-9H,4H2,1-3H3. The third-order valence-electron chi connectivity index (χ3n) is 1.84. The molecule has 1 radical (unpaired) electrons. The van der Waals surface area contributed by atoms with Crippen molar-refractivity contribution in [1.29, 1.82) is 10.5 Å². The fourth-order valence-corrected chi connectivity index (χ4v) is 1.15. The van der Waals surface area contributed by atoms with Gasteiger partial charge in [-0.25, -0.2) is 0 Å². The molecule has 0 heterocycles. The first-order valence-corrected chi connectivity index (χ1v) is 3.97. The molecular formula is C9H13N2O2. The van der Waals surface area contributed by atoms with Crippen molar-refractivity contribution < 1.29 is 9.47 Å². The highest BCUT2D eigenvalue weighted by Gasteiger charge is 2.29. The van der Waals surface area contributed by atoms with E-state index in [4.69, 9.17) is 20.0 Å². The molecule has 0 saturated heterocycles. The van der Waals surface area contributed by atoms with Crippen molar-refractivity contribution in [1.82, 2.24) is 0 Å². The zero-order valence-corrected chi connectivity index (χ0v) is 8.07. The summed E-state index contributed by atoms with van der Waals surface area (Å²) in [5, 5.41) is 17.3. The van der Waals surface area contributed by atoms with E-state index in [1.54, 1.807) is 0 Å². The summed E-state index contributed by atoms with van der Waals surface area (Å²) in [6, 6.07) is 3.69. The summed E-state index contributed by atoms with van der Waals surface area (Å²) < 4.78 is 9.98. The first-order chi connectivity index (χ1) is 6.24. The second kappa shape index (κ2) is 6.42.